The van der Waals surface area contributed by atoms with Crippen LogP contribution in [-0.2, 0) is 22.4 Å². The number of unbranched alkanes of at least 4 members (excludes halogenated alkanes) is 1. The molecule has 0 aliphatic heterocycles. The molecule has 2 N–H and O–H groups in total. The molecule has 1 aromatic carbocycles. The van der Waals surface area contributed by atoms with E-state index in [0.29, 0.717) is 6.42 Å². The van der Waals surface area contributed by atoms with Crippen molar-refractivity contribution in [3.05, 3.63) is 35.4 Å². The highest BCUT2D eigenvalue weighted by Crippen LogP contribution is 2.50. The predicted molar refractivity (Wildman–Crippen MR) is 97.7 cm³/mol. The number of rotatable bonds is 11. The van der Waals surface area contributed by atoms with Gasteiger partial charge in [0, 0.05) is 0 Å². The van der Waals surface area contributed by atoms with Crippen LogP contribution < -0.4 is 0 Å². The molecule has 0 amide bonds. The Hall–Kier alpha value is -1.84. The summed E-state index contributed by atoms with van der Waals surface area (Å²) >= 11 is 0. The van der Waals surface area contributed by atoms with Gasteiger partial charge in [0.15, 0.2) is 0 Å². The highest BCUT2D eigenvalue weighted by molar-refractivity contribution is 5.77. The van der Waals surface area contributed by atoms with Crippen LogP contribution in [0.4, 0.5) is 0 Å². The maximum absolute atomic E-state index is 11.2. The summed E-state index contributed by atoms with van der Waals surface area (Å²) in [6, 6.07) is 8.50. The fourth-order valence-corrected chi connectivity index (χ4v) is 3.30. The number of hydrogen-bond donors (Lipinski definition) is 2. The SMILES string of the molecule is CC(C)(CCCCc1cccc(CCCC2(C(=O)O)CC2)c1)C(=O)O. The van der Waals surface area contributed by atoms with E-state index in [1.807, 2.05) is 0 Å². The molecule has 25 heavy (non-hydrogen) atoms. The smallest absolute Gasteiger partial charge is 0.309 e. The molecule has 4 nitrogen and oxygen atoms in total. The Balaban J connectivity index is 1.73. The van der Waals surface area contributed by atoms with Gasteiger partial charge in [0.2, 0.25) is 0 Å². The van der Waals surface area contributed by atoms with E-state index in [-0.39, 0.29) is 0 Å². The second-order valence-corrected chi connectivity index (χ2v) is 8.16. The molecule has 1 fully saturated rings. The van der Waals surface area contributed by atoms with Crippen LogP contribution in [0.3, 0.4) is 0 Å². The van der Waals surface area contributed by atoms with E-state index < -0.39 is 22.8 Å². The molecule has 0 spiro atoms. The summed E-state index contributed by atoms with van der Waals surface area (Å²) in [5.41, 5.74) is 1.48. The lowest BCUT2D eigenvalue weighted by Crippen LogP contribution is -2.23. The molecule has 0 unspecified atom stereocenters. The molecule has 0 heterocycles. The normalized spacial score (nSPS) is 15.8. The van der Waals surface area contributed by atoms with Crippen molar-refractivity contribution in [2.24, 2.45) is 10.8 Å². The lowest BCUT2D eigenvalue weighted by atomic mass is 9.87. The zero-order valence-corrected chi connectivity index (χ0v) is 15.4. The predicted octanol–water partition coefficient (Wildman–Crippen LogP) is 4.70. The van der Waals surface area contributed by atoms with Gasteiger partial charge in [-0.05, 0) is 76.3 Å². The van der Waals surface area contributed by atoms with Crippen molar-refractivity contribution in [3.8, 4) is 0 Å². The zero-order chi connectivity index (χ0) is 18.5. The molecular weight excluding hydrogens is 316 g/mol. The van der Waals surface area contributed by atoms with Crippen molar-refractivity contribution in [3.63, 3.8) is 0 Å². The third-order valence-electron chi connectivity index (χ3n) is 5.52. The zero-order valence-electron chi connectivity index (χ0n) is 15.4. The van der Waals surface area contributed by atoms with Crippen LogP contribution in [0.15, 0.2) is 24.3 Å². The highest BCUT2D eigenvalue weighted by atomic mass is 16.4. The summed E-state index contributed by atoms with van der Waals surface area (Å²) in [6.07, 6.45) is 7.83. The summed E-state index contributed by atoms with van der Waals surface area (Å²) in [4.78, 5) is 22.3. The van der Waals surface area contributed by atoms with Gasteiger partial charge in [-0.15, -0.1) is 0 Å². The number of carboxylic acid groups (broad SMARTS) is 2. The molecule has 4 heteroatoms. The van der Waals surface area contributed by atoms with E-state index in [0.717, 1.165) is 51.4 Å². The lowest BCUT2D eigenvalue weighted by Gasteiger charge is -2.18. The van der Waals surface area contributed by atoms with Crippen LogP contribution in [-0.4, -0.2) is 22.2 Å². The number of carbonyl (C=O) groups is 2. The van der Waals surface area contributed by atoms with Crippen molar-refractivity contribution in [1.29, 1.82) is 0 Å². The van der Waals surface area contributed by atoms with E-state index in [2.05, 4.69) is 24.3 Å². The molecule has 0 aromatic heterocycles. The summed E-state index contributed by atoms with van der Waals surface area (Å²) in [5, 5.41) is 18.4. The van der Waals surface area contributed by atoms with Crippen molar-refractivity contribution < 1.29 is 19.8 Å². The lowest BCUT2D eigenvalue weighted by molar-refractivity contribution is -0.147. The number of hydrogen-bond acceptors (Lipinski definition) is 2. The third-order valence-corrected chi connectivity index (χ3v) is 5.52. The number of benzene rings is 1. The van der Waals surface area contributed by atoms with E-state index in [4.69, 9.17) is 5.11 Å². The molecule has 1 aliphatic rings. The first-order chi connectivity index (χ1) is 11.8. The quantitative estimate of drug-likeness (QED) is 0.570. The molecule has 1 aliphatic carbocycles. The maximum atomic E-state index is 11.2. The Kier molecular flexibility index (Phi) is 6.26. The second kappa shape index (κ2) is 8.03. The summed E-state index contributed by atoms with van der Waals surface area (Å²) in [7, 11) is 0. The third kappa shape index (κ3) is 5.58. The van der Waals surface area contributed by atoms with E-state index >= 15 is 0 Å². The molecule has 0 saturated heterocycles. The minimum Gasteiger partial charge on any atom is -0.481 e. The first-order valence-corrected chi connectivity index (χ1v) is 9.30. The summed E-state index contributed by atoms with van der Waals surface area (Å²) in [6.45, 7) is 3.55. The molecule has 2 rings (SSSR count). The van der Waals surface area contributed by atoms with Crippen molar-refractivity contribution in [2.75, 3.05) is 0 Å². The Labute approximate surface area is 150 Å². The summed E-state index contributed by atoms with van der Waals surface area (Å²) in [5.74, 6) is -1.37. The fourth-order valence-electron chi connectivity index (χ4n) is 3.30. The Bertz CT molecular complexity index is 614. The van der Waals surface area contributed by atoms with Gasteiger partial charge < -0.3 is 10.2 Å². The largest absolute Gasteiger partial charge is 0.481 e. The molecule has 138 valence electrons. The first kappa shape index (κ1) is 19.5. The van der Waals surface area contributed by atoms with Crippen LogP contribution in [0.5, 0.6) is 0 Å². The Morgan fingerprint density at radius 2 is 1.64 bits per heavy atom. The Morgan fingerprint density at radius 3 is 2.16 bits per heavy atom. The number of aliphatic carboxylic acids is 2. The van der Waals surface area contributed by atoms with E-state index in [1.165, 1.54) is 11.1 Å². The standard InChI is InChI=1S/C21H30O4/c1-20(2,18(22)23)11-4-3-7-16-8-5-9-17(15-16)10-6-12-21(13-14-21)19(24)25/h5,8-9,15H,3-4,6-7,10-14H2,1-2H3,(H,22,23)(H,24,25). The van der Waals surface area contributed by atoms with Gasteiger partial charge in [-0.1, -0.05) is 30.7 Å². The number of carboxylic acids is 2. The summed E-state index contributed by atoms with van der Waals surface area (Å²) < 4.78 is 0. The molecule has 0 bridgehead atoms. The number of aryl methyl sites for hydroxylation is 2. The minimum atomic E-state index is -0.732. The van der Waals surface area contributed by atoms with E-state index in [1.54, 1.807) is 13.8 Å². The van der Waals surface area contributed by atoms with Gasteiger partial charge in [-0.2, -0.15) is 0 Å². The Morgan fingerprint density at radius 1 is 1.04 bits per heavy atom. The van der Waals surface area contributed by atoms with Crippen molar-refractivity contribution in [2.45, 2.75) is 71.6 Å². The van der Waals surface area contributed by atoms with Crippen molar-refractivity contribution in [1.82, 2.24) is 0 Å². The molecule has 0 radical (unpaired) electrons. The van der Waals surface area contributed by atoms with Gasteiger partial charge in [0.1, 0.15) is 0 Å². The molecule has 0 atom stereocenters. The average Bonchev–Trinajstić information content (AvgIpc) is 3.33. The monoisotopic (exact) mass is 346 g/mol. The van der Waals surface area contributed by atoms with Crippen LogP contribution in [0, 0.1) is 10.8 Å². The van der Waals surface area contributed by atoms with Crippen LogP contribution in [0.1, 0.15) is 69.9 Å². The highest BCUT2D eigenvalue weighted by Gasteiger charge is 2.49. The second-order valence-electron chi connectivity index (χ2n) is 8.16. The van der Waals surface area contributed by atoms with Crippen LogP contribution in [0.25, 0.3) is 0 Å². The fraction of sp³-hybridized carbons (Fsp3) is 0.619. The molecule has 1 saturated carbocycles. The van der Waals surface area contributed by atoms with Gasteiger partial charge in [-0.25, -0.2) is 0 Å². The van der Waals surface area contributed by atoms with Crippen LogP contribution in [0.2, 0.25) is 0 Å². The van der Waals surface area contributed by atoms with Gasteiger partial charge in [0.25, 0.3) is 0 Å². The van der Waals surface area contributed by atoms with Crippen LogP contribution >= 0.6 is 0 Å². The molecule has 1 aromatic rings. The van der Waals surface area contributed by atoms with Gasteiger partial charge in [0.05, 0.1) is 10.8 Å². The maximum Gasteiger partial charge on any atom is 0.309 e. The topological polar surface area (TPSA) is 74.6 Å². The van der Waals surface area contributed by atoms with Gasteiger partial charge >= 0.3 is 11.9 Å². The van der Waals surface area contributed by atoms with E-state index in [9.17, 15) is 14.7 Å². The average molecular weight is 346 g/mol. The first-order valence-electron chi connectivity index (χ1n) is 9.30. The minimum absolute atomic E-state index is 0.422. The van der Waals surface area contributed by atoms with Crippen molar-refractivity contribution >= 4 is 11.9 Å². The van der Waals surface area contributed by atoms with Gasteiger partial charge in [-0.3, -0.25) is 9.59 Å². The molecular formula is C21H30O4.